The Labute approximate surface area is 54.1 Å². The molecule has 1 rings (SSSR count). The third-order valence-corrected chi connectivity index (χ3v) is 2.01. The lowest BCUT2D eigenvalue weighted by molar-refractivity contribution is 0.218. The highest BCUT2D eigenvalue weighted by atomic mass is 32.2. The van der Waals surface area contributed by atoms with Crippen LogP contribution in [-0.4, -0.2) is 12.4 Å². The topological polar surface area (TPSA) is 9.23 Å². The van der Waals surface area contributed by atoms with Crippen LogP contribution in [0.15, 0.2) is 11.2 Å². The molecule has 0 aromatic heterocycles. The molecule has 1 aliphatic heterocycles. The van der Waals surface area contributed by atoms with Crippen molar-refractivity contribution in [3.8, 4) is 0 Å². The highest BCUT2D eigenvalue weighted by Crippen LogP contribution is 2.13. The standard InChI is InChI=1S/C6H10OS/c1-6-5-8-4-2-3-7-6/h5H,2-4H2,1H3. The van der Waals surface area contributed by atoms with Gasteiger partial charge in [0, 0.05) is 11.2 Å². The normalized spacial score (nSPS) is 20.9. The van der Waals surface area contributed by atoms with Gasteiger partial charge in [-0.25, -0.2) is 0 Å². The van der Waals surface area contributed by atoms with E-state index >= 15 is 0 Å². The summed E-state index contributed by atoms with van der Waals surface area (Å²) >= 11 is 1.84. The van der Waals surface area contributed by atoms with Crippen molar-refractivity contribution in [1.29, 1.82) is 0 Å². The highest BCUT2D eigenvalue weighted by Gasteiger charge is 1.95. The molecule has 0 radical (unpaired) electrons. The Morgan fingerprint density at radius 1 is 1.75 bits per heavy atom. The molecular weight excluding hydrogens is 120 g/mol. The molecule has 1 heterocycles. The van der Waals surface area contributed by atoms with Crippen LogP contribution in [0.25, 0.3) is 0 Å². The Morgan fingerprint density at radius 2 is 2.62 bits per heavy atom. The van der Waals surface area contributed by atoms with Gasteiger partial charge in [0.05, 0.1) is 12.4 Å². The summed E-state index contributed by atoms with van der Waals surface area (Å²) in [7, 11) is 0. The summed E-state index contributed by atoms with van der Waals surface area (Å²) in [4.78, 5) is 0. The van der Waals surface area contributed by atoms with Gasteiger partial charge in [-0.2, -0.15) is 0 Å². The number of hydrogen-bond donors (Lipinski definition) is 0. The van der Waals surface area contributed by atoms with Gasteiger partial charge in [0.1, 0.15) is 0 Å². The lowest BCUT2D eigenvalue weighted by Crippen LogP contribution is -1.88. The highest BCUT2D eigenvalue weighted by molar-refractivity contribution is 8.02. The summed E-state index contributed by atoms with van der Waals surface area (Å²) in [6, 6.07) is 0. The zero-order chi connectivity index (χ0) is 5.82. The van der Waals surface area contributed by atoms with E-state index < -0.39 is 0 Å². The minimum absolute atomic E-state index is 0.898. The molecule has 0 N–H and O–H groups in total. The van der Waals surface area contributed by atoms with Crippen LogP contribution in [0, 0.1) is 0 Å². The first-order valence-electron chi connectivity index (χ1n) is 2.81. The van der Waals surface area contributed by atoms with Gasteiger partial charge in [-0.05, 0) is 13.3 Å². The summed E-state index contributed by atoms with van der Waals surface area (Å²) in [5.74, 6) is 2.27. The maximum absolute atomic E-state index is 5.24. The SMILES string of the molecule is CC1=CSCCCO1. The smallest absolute Gasteiger partial charge is 0.0991 e. The quantitative estimate of drug-likeness (QED) is 0.496. The van der Waals surface area contributed by atoms with Crippen LogP contribution < -0.4 is 0 Å². The molecule has 0 saturated carbocycles. The Bertz CT molecular complexity index is 98.7. The van der Waals surface area contributed by atoms with Crippen LogP contribution in [0.4, 0.5) is 0 Å². The van der Waals surface area contributed by atoms with E-state index in [1.807, 2.05) is 18.7 Å². The Balaban J connectivity index is 2.36. The molecule has 1 nitrogen and oxygen atoms in total. The van der Waals surface area contributed by atoms with Crippen molar-refractivity contribution in [3.05, 3.63) is 11.2 Å². The van der Waals surface area contributed by atoms with Crippen LogP contribution in [0.5, 0.6) is 0 Å². The third-order valence-electron chi connectivity index (χ3n) is 0.986. The van der Waals surface area contributed by atoms with Crippen molar-refractivity contribution < 1.29 is 4.74 Å². The molecule has 2 heteroatoms. The predicted octanol–water partition coefficient (Wildman–Crippen LogP) is 2.00. The minimum Gasteiger partial charge on any atom is -0.498 e. The van der Waals surface area contributed by atoms with Crippen LogP contribution in [0.1, 0.15) is 13.3 Å². The molecule has 0 fully saturated rings. The molecule has 0 unspecified atom stereocenters. The molecule has 0 atom stereocenters. The Morgan fingerprint density at radius 3 is 3.50 bits per heavy atom. The summed E-state index contributed by atoms with van der Waals surface area (Å²) < 4.78 is 5.24. The molecule has 0 aromatic rings. The van der Waals surface area contributed by atoms with Crippen molar-refractivity contribution in [2.75, 3.05) is 12.4 Å². The van der Waals surface area contributed by atoms with Gasteiger partial charge in [0.15, 0.2) is 0 Å². The second-order valence-electron chi connectivity index (χ2n) is 1.80. The van der Waals surface area contributed by atoms with Crippen molar-refractivity contribution in [1.82, 2.24) is 0 Å². The first-order chi connectivity index (χ1) is 3.89. The van der Waals surface area contributed by atoms with E-state index in [2.05, 4.69) is 5.41 Å². The van der Waals surface area contributed by atoms with Gasteiger partial charge >= 0.3 is 0 Å². The van der Waals surface area contributed by atoms with Gasteiger partial charge < -0.3 is 4.74 Å². The first-order valence-corrected chi connectivity index (χ1v) is 3.85. The zero-order valence-electron chi connectivity index (χ0n) is 5.02. The number of rotatable bonds is 0. The van der Waals surface area contributed by atoms with Crippen molar-refractivity contribution in [2.24, 2.45) is 0 Å². The summed E-state index contributed by atoms with van der Waals surface area (Å²) in [6.45, 7) is 2.90. The van der Waals surface area contributed by atoms with Crippen molar-refractivity contribution >= 4 is 11.8 Å². The van der Waals surface area contributed by atoms with Crippen LogP contribution >= 0.6 is 11.8 Å². The molecular formula is C6H10OS. The average Bonchev–Trinajstić information content (AvgIpc) is 1.94. The minimum atomic E-state index is 0.898. The molecule has 0 amide bonds. The largest absolute Gasteiger partial charge is 0.498 e. The zero-order valence-corrected chi connectivity index (χ0v) is 5.83. The monoisotopic (exact) mass is 130 g/mol. The summed E-state index contributed by atoms with van der Waals surface area (Å²) in [6.07, 6.45) is 1.18. The van der Waals surface area contributed by atoms with Gasteiger partial charge in [-0.1, -0.05) is 0 Å². The molecule has 0 aliphatic carbocycles. The van der Waals surface area contributed by atoms with E-state index in [9.17, 15) is 0 Å². The maximum atomic E-state index is 5.24. The second kappa shape index (κ2) is 3.02. The average molecular weight is 130 g/mol. The first kappa shape index (κ1) is 6.02. The Hall–Kier alpha value is -0.110. The number of hydrogen-bond acceptors (Lipinski definition) is 2. The molecule has 0 bridgehead atoms. The fourth-order valence-electron chi connectivity index (χ4n) is 0.586. The van der Waals surface area contributed by atoms with Gasteiger partial charge in [0.25, 0.3) is 0 Å². The summed E-state index contributed by atoms with van der Waals surface area (Å²) in [5, 5.41) is 2.08. The maximum Gasteiger partial charge on any atom is 0.0991 e. The van der Waals surface area contributed by atoms with Gasteiger partial charge in [0.2, 0.25) is 0 Å². The predicted molar refractivity (Wildman–Crippen MR) is 36.8 cm³/mol. The molecule has 46 valence electrons. The van der Waals surface area contributed by atoms with Gasteiger partial charge in [-0.3, -0.25) is 0 Å². The third kappa shape index (κ3) is 1.78. The number of allylic oxidation sites excluding steroid dienone is 1. The summed E-state index contributed by atoms with van der Waals surface area (Å²) in [5.41, 5.74) is 0. The fourth-order valence-corrected chi connectivity index (χ4v) is 1.29. The van der Waals surface area contributed by atoms with Gasteiger partial charge in [-0.15, -0.1) is 11.8 Å². The number of thioether (sulfide) groups is 1. The number of ether oxygens (including phenoxy) is 1. The van der Waals surface area contributed by atoms with E-state index in [1.165, 1.54) is 12.2 Å². The fraction of sp³-hybridized carbons (Fsp3) is 0.667. The van der Waals surface area contributed by atoms with Crippen LogP contribution in [0.3, 0.4) is 0 Å². The second-order valence-corrected chi connectivity index (χ2v) is 2.78. The van der Waals surface area contributed by atoms with Crippen LogP contribution in [-0.2, 0) is 4.74 Å². The van der Waals surface area contributed by atoms with E-state index in [4.69, 9.17) is 4.74 Å². The van der Waals surface area contributed by atoms with Crippen molar-refractivity contribution in [2.45, 2.75) is 13.3 Å². The van der Waals surface area contributed by atoms with E-state index in [-0.39, 0.29) is 0 Å². The Kier molecular flexibility index (Phi) is 2.27. The molecule has 8 heavy (non-hydrogen) atoms. The molecule has 0 spiro atoms. The lowest BCUT2D eigenvalue weighted by atomic mass is 10.5. The molecule has 0 saturated heterocycles. The van der Waals surface area contributed by atoms with E-state index in [0.717, 1.165) is 12.4 Å². The van der Waals surface area contributed by atoms with Crippen LogP contribution in [0.2, 0.25) is 0 Å². The molecule has 0 aromatic carbocycles. The van der Waals surface area contributed by atoms with E-state index in [0.29, 0.717) is 0 Å². The van der Waals surface area contributed by atoms with E-state index in [1.54, 1.807) is 0 Å². The van der Waals surface area contributed by atoms with Crippen molar-refractivity contribution in [3.63, 3.8) is 0 Å². The molecule has 1 aliphatic rings. The lowest BCUT2D eigenvalue weighted by Gasteiger charge is -1.98.